The second-order valence-corrected chi connectivity index (χ2v) is 3.74. The molecule has 0 saturated carbocycles. The van der Waals surface area contributed by atoms with Crippen molar-refractivity contribution in [3.8, 4) is 0 Å². The first-order valence-corrected chi connectivity index (χ1v) is 5.69. The molecule has 0 N–H and O–H groups in total. The molecule has 0 aliphatic carbocycles. The van der Waals surface area contributed by atoms with E-state index in [-0.39, 0.29) is 6.61 Å². The first-order valence-electron chi connectivity index (χ1n) is 5.69. The van der Waals surface area contributed by atoms with E-state index in [1.807, 2.05) is 6.92 Å². The Labute approximate surface area is 103 Å². The van der Waals surface area contributed by atoms with E-state index in [1.54, 1.807) is 6.92 Å². The van der Waals surface area contributed by atoms with Crippen LogP contribution in [0.25, 0.3) is 0 Å². The summed E-state index contributed by atoms with van der Waals surface area (Å²) in [4.78, 5) is 11.6. The Morgan fingerprint density at radius 1 is 1.50 bits per heavy atom. The quantitative estimate of drug-likeness (QED) is 0.768. The van der Waals surface area contributed by atoms with E-state index in [4.69, 9.17) is 4.74 Å². The zero-order valence-corrected chi connectivity index (χ0v) is 10.2. The molecule has 0 saturated heterocycles. The standard InChI is InChI=1S/C11H15F3N2O2/c1-3-5-8(10(17)18-4-2)16-7-6-9(15-16)11(12,13)14/h6-8H,3-5H2,1-2H3. The highest BCUT2D eigenvalue weighted by molar-refractivity contribution is 5.74. The lowest BCUT2D eigenvalue weighted by Gasteiger charge is -2.15. The zero-order valence-electron chi connectivity index (χ0n) is 10.2. The minimum Gasteiger partial charge on any atom is -0.464 e. The number of rotatable bonds is 5. The van der Waals surface area contributed by atoms with Gasteiger partial charge in [-0.3, -0.25) is 4.68 Å². The molecule has 1 aromatic rings. The van der Waals surface area contributed by atoms with Crippen molar-refractivity contribution >= 4 is 5.97 Å². The van der Waals surface area contributed by atoms with Gasteiger partial charge in [0.15, 0.2) is 5.69 Å². The van der Waals surface area contributed by atoms with Gasteiger partial charge in [0.2, 0.25) is 0 Å². The van der Waals surface area contributed by atoms with E-state index in [1.165, 1.54) is 0 Å². The molecule has 1 heterocycles. The van der Waals surface area contributed by atoms with Gasteiger partial charge in [-0.2, -0.15) is 18.3 Å². The number of ether oxygens (including phenoxy) is 1. The van der Waals surface area contributed by atoms with Crippen molar-refractivity contribution in [1.82, 2.24) is 9.78 Å². The molecule has 0 amide bonds. The molecule has 0 fully saturated rings. The number of carbonyl (C=O) groups excluding carboxylic acids is 1. The molecular weight excluding hydrogens is 249 g/mol. The van der Waals surface area contributed by atoms with Crippen molar-refractivity contribution in [2.24, 2.45) is 0 Å². The lowest BCUT2D eigenvalue weighted by atomic mass is 10.2. The van der Waals surface area contributed by atoms with Gasteiger partial charge >= 0.3 is 12.1 Å². The van der Waals surface area contributed by atoms with Crippen LogP contribution in [0.4, 0.5) is 13.2 Å². The van der Waals surface area contributed by atoms with E-state index in [2.05, 4.69) is 5.10 Å². The topological polar surface area (TPSA) is 44.1 Å². The molecule has 0 spiro atoms. The monoisotopic (exact) mass is 264 g/mol. The lowest BCUT2D eigenvalue weighted by molar-refractivity contribution is -0.149. The van der Waals surface area contributed by atoms with Crippen molar-refractivity contribution in [2.45, 2.75) is 38.9 Å². The van der Waals surface area contributed by atoms with Gasteiger partial charge in [-0.15, -0.1) is 0 Å². The first kappa shape index (κ1) is 14.5. The summed E-state index contributed by atoms with van der Waals surface area (Å²) in [7, 11) is 0. The molecule has 0 radical (unpaired) electrons. The zero-order chi connectivity index (χ0) is 13.8. The van der Waals surface area contributed by atoms with Crippen molar-refractivity contribution in [3.63, 3.8) is 0 Å². The minimum atomic E-state index is -4.50. The third-order valence-electron chi connectivity index (χ3n) is 2.34. The Morgan fingerprint density at radius 2 is 2.17 bits per heavy atom. The summed E-state index contributed by atoms with van der Waals surface area (Å²) in [5.41, 5.74) is -1.01. The molecule has 0 aromatic carbocycles. The predicted molar refractivity (Wildman–Crippen MR) is 57.8 cm³/mol. The molecule has 1 atom stereocenters. The number of halogens is 3. The third kappa shape index (κ3) is 3.48. The maximum Gasteiger partial charge on any atom is 0.435 e. The van der Waals surface area contributed by atoms with E-state index in [9.17, 15) is 18.0 Å². The summed E-state index contributed by atoms with van der Waals surface area (Å²) >= 11 is 0. The average molecular weight is 264 g/mol. The summed E-state index contributed by atoms with van der Waals surface area (Å²) in [6.07, 6.45) is -2.32. The molecule has 18 heavy (non-hydrogen) atoms. The average Bonchev–Trinajstić information content (AvgIpc) is 2.74. The molecule has 1 aromatic heterocycles. The van der Waals surface area contributed by atoms with Crippen LogP contribution in [0.1, 0.15) is 38.4 Å². The highest BCUT2D eigenvalue weighted by Gasteiger charge is 2.34. The predicted octanol–water partition coefficient (Wildman–Crippen LogP) is 2.81. The molecule has 0 aliphatic heterocycles. The molecule has 102 valence electrons. The molecule has 1 unspecified atom stereocenters. The van der Waals surface area contributed by atoms with E-state index < -0.39 is 23.9 Å². The minimum absolute atomic E-state index is 0.187. The maximum absolute atomic E-state index is 12.4. The number of hydrogen-bond acceptors (Lipinski definition) is 3. The number of nitrogens with zero attached hydrogens (tertiary/aromatic N) is 2. The van der Waals surface area contributed by atoms with Gasteiger partial charge in [0.05, 0.1) is 6.61 Å². The van der Waals surface area contributed by atoms with Gasteiger partial charge in [0, 0.05) is 6.20 Å². The first-order chi connectivity index (χ1) is 8.40. The van der Waals surface area contributed by atoms with Crippen LogP contribution in [0, 0.1) is 0 Å². The van der Waals surface area contributed by atoms with Crippen LogP contribution >= 0.6 is 0 Å². The second-order valence-electron chi connectivity index (χ2n) is 3.74. The van der Waals surface area contributed by atoms with Gasteiger partial charge in [-0.1, -0.05) is 13.3 Å². The largest absolute Gasteiger partial charge is 0.464 e. The second kappa shape index (κ2) is 5.88. The molecule has 1 rings (SSSR count). The van der Waals surface area contributed by atoms with Crippen LogP contribution in [0.3, 0.4) is 0 Å². The summed E-state index contributed by atoms with van der Waals surface area (Å²) < 4.78 is 43.1. The third-order valence-corrected chi connectivity index (χ3v) is 2.34. The van der Waals surface area contributed by atoms with E-state index in [0.717, 1.165) is 16.9 Å². The fourth-order valence-corrected chi connectivity index (χ4v) is 1.53. The van der Waals surface area contributed by atoms with Gasteiger partial charge in [0.1, 0.15) is 6.04 Å². The Balaban J connectivity index is 2.92. The van der Waals surface area contributed by atoms with Crippen molar-refractivity contribution in [2.75, 3.05) is 6.61 Å². The lowest BCUT2D eigenvalue weighted by Crippen LogP contribution is -2.23. The Hall–Kier alpha value is -1.53. The van der Waals surface area contributed by atoms with Gasteiger partial charge < -0.3 is 4.74 Å². The van der Waals surface area contributed by atoms with Gasteiger partial charge in [-0.25, -0.2) is 4.79 Å². The van der Waals surface area contributed by atoms with Crippen LogP contribution in [-0.2, 0) is 15.7 Å². The van der Waals surface area contributed by atoms with E-state index >= 15 is 0 Å². The normalized spacial score (nSPS) is 13.4. The maximum atomic E-state index is 12.4. The molecular formula is C11H15F3N2O2. The molecule has 7 heteroatoms. The highest BCUT2D eigenvalue weighted by atomic mass is 19.4. The summed E-state index contributed by atoms with van der Waals surface area (Å²) in [6, 6.07) is 0.0491. The number of carbonyl (C=O) groups is 1. The molecule has 0 aliphatic rings. The van der Waals surface area contributed by atoms with Crippen LogP contribution < -0.4 is 0 Å². The van der Waals surface area contributed by atoms with Crippen LogP contribution in [0.5, 0.6) is 0 Å². The summed E-state index contributed by atoms with van der Waals surface area (Å²) in [5, 5.41) is 3.39. The summed E-state index contributed by atoms with van der Waals surface area (Å²) in [6.45, 7) is 3.66. The number of esters is 1. The van der Waals surface area contributed by atoms with Crippen LogP contribution in [-0.4, -0.2) is 22.4 Å². The van der Waals surface area contributed by atoms with Crippen molar-refractivity contribution in [1.29, 1.82) is 0 Å². The Kier molecular flexibility index (Phi) is 4.75. The van der Waals surface area contributed by atoms with Crippen molar-refractivity contribution in [3.05, 3.63) is 18.0 Å². The van der Waals surface area contributed by atoms with Gasteiger partial charge in [0.25, 0.3) is 0 Å². The smallest absolute Gasteiger partial charge is 0.435 e. The number of alkyl halides is 3. The Bertz CT molecular complexity index is 401. The van der Waals surface area contributed by atoms with Crippen LogP contribution in [0.15, 0.2) is 12.3 Å². The van der Waals surface area contributed by atoms with Gasteiger partial charge in [-0.05, 0) is 19.4 Å². The molecule has 0 bridgehead atoms. The fourth-order valence-electron chi connectivity index (χ4n) is 1.53. The number of aromatic nitrogens is 2. The fraction of sp³-hybridized carbons (Fsp3) is 0.636. The van der Waals surface area contributed by atoms with E-state index in [0.29, 0.717) is 12.8 Å². The van der Waals surface area contributed by atoms with Crippen LogP contribution in [0.2, 0.25) is 0 Å². The number of hydrogen-bond donors (Lipinski definition) is 0. The highest BCUT2D eigenvalue weighted by Crippen LogP contribution is 2.28. The molecule has 4 nitrogen and oxygen atoms in total. The van der Waals surface area contributed by atoms with Crippen molar-refractivity contribution < 1.29 is 22.7 Å². The Morgan fingerprint density at radius 3 is 2.61 bits per heavy atom. The SMILES string of the molecule is CCCC(C(=O)OCC)n1ccc(C(F)(F)F)n1. The summed E-state index contributed by atoms with van der Waals surface area (Å²) in [5.74, 6) is -0.559.